The van der Waals surface area contributed by atoms with Crippen LogP contribution in [-0.2, 0) is 14.3 Å². The molecular weight excluding hydrogens is 396 g/mol. The minimum Gasteiger partial charge on any atom is -0.379 e. The fraction of sp³-hybridized carbons (Fsp3) is 0.435. The first-order valence-corrected chi connectivity index (χ1v) is 10.8. The summed E-state index contributed by atoms with van der Waals surface area (Å²) in [7, 11) is 0. The second kappa shape index (κ2) is 9.89. The van der Waals surface area contributed by atoms with Crippen molar-refractivity contribution < 1.29 is 19.1 Å². The van der Waals surface area contributed by atoms with Crippen LogP contribution in [-0.4, -0.2) is 68.2 Å². The molecule has 0 aliphatic carbocycles. The lowest BCUT2D eigenvalue weighted by molar-refractivity contribution is -0.121. The lowest BCUT2D eigenvalue weighted by atomic mass is 10.1. The van der Waals surface area contributed by atoms with E-state index >= 15 is 0 Å². The number of fused-ring (bicyclic) bond motifs is 1. The fourth-order valence-corrected chi connectivity index (χ4v) is 4.08. The van der Waals surface area contributed by atoms with Crippen LogP contribution in [0.1, 0.15) is 19.3 Å². The number of hydrogen-bond acceptors (Lipinski definition) is 5. The van der Waals surface area contributed by atoms with Crippen LogP contribution >= 0.6 is 0 Å². The maximum Gasteiger partial charge on any atom is 0.329 e. The van der Waals surface area contributed by atoms with Crippen molar-refractivity contribution in [3.63, 3.8) is 0 Å². The van der Waals surface area contributed by atoms with Crippen molar-refractivity contribution in [2.24, 2.45) is 0 Å². The second-order valence-electron chi connectivity index (χ2n) is 7.87. The quantitative estimate of drug-likeness (QED) is 0.499. The highest BCUT2D eigenvalue weighted by Gasteiger charge is 2.39. The molecule has 0 saturated carbocycles. The molecule has 4 rings (SSSR count). The Labute approximate surface area is 181 Å². The van der Waals surface area contributed by atoms with E-state index in [-0.39, 0.29) is 24.7 Å². The van der Waals surface area contributed by atoms with Crippen LogP contribution in [0.3, 0.4) is 0 Å². The molecule has 2 aliphatic rings. The maximum atomic E-state index is 12.9. The zero-order chi connectivity index (χ0) is 21.6. The Bertz CT molecular complexity index is 952. The van der Waals surface area contributed by atoms with Crippen molar-refractivity contribution >= 4 is 34.3 Å². The third-order valence-corrected chi connectivity index (χ3v) is 5.76. The van der Waals surface area contributed by atoms with Gasteiger partial charge in [0.25, 0.3) is 5.91 Å². The normalized spacial score (nSPS) is 19.6. The molecule has 2 aromatic rings. The minimum absolute atomic E-state index is 0.104. The number of urea groups is 1. The van der Waals surface area contributed by atoms with Gasteiger partial charge in [-0.3, -0.25) is 14.5 Å². The van der Waals surface area contributed by atoms with E-state index in [0.717, 1.165) is 50.0 Å². The zero-order valence-electron chi connectivity index (χ0n) is 17.5. The highest BCUT2D eigenvalue weighted by Crippen LogP contribution is 2.29. The van der Waals surface area contributed by atoms with E-state index in [0.29, 0.717) is 12.2 Å². The first kappa shape index (κ1) is 21.3. The molecule has 0 bridgehead atoms. The largest absolute Gasteiger partial charge is 0.379 e. The topological polar surface area (TPSA) is 91.0 Å². The number of nitrogens with one attached hydrogen (secondary N) is 2. The molecule has 0 spiro atoms. The molecule has 0 aromatic heterocycles. The number of hydrogen-bond donors (Lipinski definition) is 2. The van der Waals surface area contributed by atoms with Gasteiger partial charge in [-0.2, -0.15) is 0 Å². The van der Waals surface area contributed by atoms with E-state index in [1.165, 1.54) is 4.90 Å². The van der Waals surface area contributed by atoms with Crippen LogP contribution in [0.4, 0.5) is 10.5 Å². The molecule has 2 aliphatic heterocycles. The average Bonchev–Trinajstić information content (AvgIpc) is 3.08. The Hall–Kier alpha value is -2.97. The van der Waals surface area contributed by atoms with Gasteiger partial charge >= 0.3 is 6.03 Å². The van der Waals surface area contributed by atoms with Gasteiger partial charge in [-0.1, -0.05) is 36.4 Å². The highest BCUT2D eigenvalue weighted by molar-refractivity contribution is 6.24. The Morgan fingerprint density at radius 2 is 1.87 bits per heavy atom. The van der Waals surface area contributed by atoms with Crippen LogP contribution in [0, 0.1) is 0 Å². The molecule has 0 radical (unpaired) electrons. The van der Waals surface area contributed by atoms with Gasteiger partial charge in [-0.05, 0) is 30.8 Å². The number of anilines is 1. The summed E-state index contributed by atoms with van der Waals surface area (Å²) in [5, 5.41) is 7.43. The Kier molecular flexibility index (Phi) is 6.79. The SMILES string of the molecule is O=C(CC[C@@H]1NC(=O)N(c2cccc3ccccc23)C1=O)NCCCN1CCOCC1. The number of nitrogens with zero attached hydrogens (tertiary/aromatic N) is 2. The third-order valence-electron chi connectivity index (χ3n) is 5.76. The summed E-state index contributed by atoms with van der Waals surface area (Å²) >= 11 is 0. The molecule has 2 saturated heterocycles. The fourth-order valence-electron chi connectivity index (χ4n) is 4.08. The summed E-state index contributed by atoms with van der Waals surface area (Å²) < 4.78 is 5.33. The number of amides is 4. The predicted octanol–water partition coefficient (Wildman–Crippen LogP) is 1.88. The van der Waals surface area contributed by atoms with E-state index in [2.05, 4.69) is 15.5 Å². The smallest absolute Gasteiger partial charge is 0.329 e. The molecule has 8 nitrogen and oxygen atoms in total. The molecule has 1 atom stereocenters. The monoisotopic (exact) mass is 424 g/mol. The van der Waals surface area contributed by atoms with Gasteiger partial charge in [0.05, 0.1) is 18.9 Å². The number of carbonyl (C=O) groups excluding carboxylic acids is 3. The molecule has 2 N–H and O–H groups in total. The standard InChI is InChI=1S/C23H28N4O4/c28-21(24-11-4-12-26-13-15-31-16-14-26)10-9-19-22(29)27(23(30)25-19)20-8-3-6-17-5-1-2-7-18(17)20/h1-3,5-8,19H,4,9-16H2,(H,24,28)(H,25,30)/t19-/m0/s1. The van der Waals surface area contributed by atoms with Crippen molar-refractivity contribution in [2.75, 3.05) is 44.3 Å². The van der Waals surface area contributed by atoms with Gasteiger partial charge < -0.3 is 15.4 Å². The Balaban J connectivity index is 1.26. The van der Waals surface area contributed by atoms with Crippen molar-refractivity contribution in [3.05, 3.63) is 42.5 Å². The minimum atomic E-state index is -0.689. The van der Waals surface area contributed by atoms with Gasteiger partial charge in [0.2, 0.25) is 5.91 Å². The van der Waals surface area contributed by atoms with E-state index in [4.69, 9.17) is 4.74 Å². The number of benzene rings is 2. The van der Waals surface area contributed by atoms with Gasteiger partial charge in [0.1, 0.15) is 6.04 Å². The molecule has 0 unspecified atom stereocenters. The first-order chi connectivity index (χ1) is 15.1. The van der Waals surface area contributed by atoms with Gasteiger partial charge in [-0.15, -0.1) is 0 Å². The summed E-state index contributed by atoms with van der Waals surface area (Å²) in [4.78, 5) is 41.1. The van der Waals surface area contributed by atoms with Gasteiger partial charge in [-0.25, -0.2) is 9.69 Å². The van der Waals surface area contributed by atoms with Crippen molar-refractivity contribution in [1.82, 2.24) is 15.5 Å². The van der Waals surface area contributed by atoms with E-state index in [9.17, 15) is 14.4 Å². The molecule has 2 fully saturated rings. The lowest BCUT2D eigenvalue weighted by Gasteiger charge is -2.26. The summed E-state index contributed by atoms with van der Waals surface area (Å²) in [6.07, 6.45) is 1.35. The van der Waals surface area contributed by atoms with E-state index in [1.807, 2.05) is 36.4 Å². The summed E-state index contributed by atoms with van der Waals surface area (Å²) in [5.41, 5.74) is 0.565. The van der Waals surface area contributed by atoms with Crippen LogP contribution in [0.25, 0.3) is 10.8 Å². The second-order valence-corrected chi connectivity index (χ2v) is 7.87. The molecular formula is C23H28N4O4. The number of rotatable bonds is 8. The molecule has 8 heteroatoms. The number of imide groups is 1. The molecule has 2 heterocycles. The van der Waals surface area contributed by atoms with E-state index in [1.54, 1.807) is 6.07 Å². The van der Waals surface area contributed by atoms with Crippen LogP contribution in [0.15, 0.2) is 42.5 Å². The van der Waals surface area contributed by atoms with Crippen LogP contribution < -0.4 is 15.5 Å². The number of ether oxygens (including phenoxy) is 1. The molecule has 164 valence electrons. The van der Waals surface area contributed by atoms with E-state index < -0.39 is 12.1 Å². The maximum absolute atomic E-state index is 12.9. The van der Waals surface area contributed by atoms with Crippen LogP contribution in [0.5, 0.6) is 0 Å². The predicted molar refractivity (Wildman–Crippen MR) is 118 cm³/mol. The van der Waals surface area contributed by atoms with Crippen molar-refractivity contribution in [3.8, 4) is 0 Å². The third kappa shape index (κ3) is 5.03. The molecule has 4 amide bonds. The van der Waals surface area contributed by atoms with Gasteiger partial charge in [0, 0.05) is 31.4 Å². The number of carbonyl (C=O) groups is 3. The Morgan fingerprint density at radius 3 is 2.71 bits per heavy atom. The zero-order valence-corrected chi connectivity index (χ0v) is 17.5. The van der Waals surface area contributed by atoms with Gasteiger partial charge in [0.15, 0.2) is 0 Å². The summed E-state index contributed by atoms with van der Waals surface area (Å²) in [6, 6.07) is 12.0. The summed E-state index contributed by atoms with van der Waals surface area (Å²) in [5.74, 6) is -0.422. The number of morpholine rings is 1. The summed E-state index contributed by atoms with van der Waals surface area (Å²) in [6.45, 7) is 4.94. The first-order valence-electron chi connectivity index (χ1n) is 10.8. The Morgan fingerprint density at radius 1 is 1.10 bits per heavy atom. The molecule has 31 heavy (non-hydrogen) atoms. The van der Waals surface area contributed by atoms with Crippen molar-refractivity contribution in [1.29, 1.82) is 0 Å². The average molecular weight is 425 g/mol. The highest BCUT2D eigenvalue weighted by atomic mass is 16.5. The lowest BCUT2D eigenvalue weighted by Crippen LogP contribution is -2.38. The van der Waals surface area contributed by atoms with Crippen LogP contribution in [0.2, 0.25) is 0 Å². The van der Waals surface area contributed by atoms with Crippen molar-refractivity contribution in [2.45, 2.75) is 25.3 Å². The molecule has 2 aromatic carbocycles.